The second-order valence-electron chi connectivity index (χ2n) is 4.88. The minimum atomic E-state index is -0.277. The van der Waals surface area contributed by atoms with Crippen LogP contribution in [0, 0.1) is 0 Å². The Hall–Kier alpha value is -1.92. The summed E-state index contributed by atoms with van der Waals surface area (Å²) in [6.45, 7) is 1.08. The van der Waals surface area contributed by atoms with Gasteiger partial charge in [0.1, 0.15) is 0 Å². The molecule has 1 aromatic heterocycles. The molecule has 0 fully saturated rings. The highest BCUT2D eigenvalue weighted by Crippen LogP contribution is 2.38. The molecule has 2 heterocycles. The summed E-state index contributed by atoms with van der Waals surface area (Å²) in [4.78, 5) is 16.6. The van der Waals surface area contributed by atoms with E-state index in [4.69, 9.17) is 21.1 Å². The number of ether oxygens (including phenoxy) is 2. The molecule has 23 heavy (non-hydrogen) atoms. The summed E-state index contributed by atoms with van der Waals surface area (Å²) in [7, 11) is 0. The molecule has 0 saturated heterocycles. The van der Waals surface area contributed by atoms with Crippen LogP contribution >= 0.6 is 23.4 Å². The van der Waals surface area contributed by atoms with E-state index in [-0.39, 0.29) is 5.91 Å². The van der Waals surface area contributed by atoms with Crippen molar-refractivity contribution in [1.82, 2.24) is 4.98 Å². The van der Waals surface area contributed by atoms with Crippen LogP contribution in [0.2, 0.25) is 5.02 Å². The molecule has 0 bridgehead atoms. The molecule has 1 aliphatic heterocycles. The van der Waals surface area contributed by atoms with Crippen LogP contribution in [-0.2, 0) is 0 Å². The zero-order valence-corrected chi connectivity index (χ0v) is 14.0. The van der Waals surface area contributed by atoms with Gasteiger partial charge in [0.15, 0.2) is 11.5 Å². The SMILES string of the molecule is CSc1ccc(NC(=O)c2cc(Cl)c3c(c2)OCCCO3)cn1. The molecule has 1 aromatic carbocycles. The highest BCUT2D eigenvalue weighted by atomic mass is 35.5. The lowest BCUT2D eigenvalue weighted by Crippen LogP contribution is -2.12. The number of thioether (sulfide) groups is 1. The predicted octanol–water partition coefficient (Wildman–Crippen LogP) is 3.87. The van der Waals surface area contributed by atoms with Crippen molar-refractivity contribution in [2.75, 3.05) is 24.8 Å². The van der Waals surface area contributed by atoms with Crippen molar-refractivity contribution in [2.24, 2.45) is 0 Å². The molecule has 120 valence electrons. The van der Waals surface area contributed by atoms with Gasteiger partial charge in [-0.15, -0.1) is 11.8 Å². The van der Waals surface area contributed by atoms with E-state index in [9.17, 15) is 4.79 Å². The Morgan fingerprint density at radius 2 is 2.13 bits per heavy atom. The van der Waals surface area contributed by atoms with Crippen LogP contribution in [0.1, 0.15) is 16.8 Å². The number of pyridine rings is 1. The third-order valence-corrected chi connectivity index (χ3v) is 4.21. The number of halogens is 1. The lowest BCUT2D eigenvalue weighted by molar-refractivity contribution is 0.102. The maximum absolute atomic E-state index is 12.4. The summed E-state index contributed by atoms with van der Waals surface area (Å²) in [6, 6.07) is 6.88. The smallest absolute Gasteiger partial charge is 0.255 e. The number of rotatable bonds is 3. The van der Waals surface area contributed by atoms with Gasteiger partial charge < -0.3 is 14.8 Å². The van der Waals surface area contributed by atoms with Crippen molar-refractivity contribution in [1.29, 1.82) is 0 Å². The highest BCUT2D eigenvalue weighted by molar-refractivity contribution is 7.98. The van der Waals surface area contributed by atoms with Crippen LogP contribution in [0.15, 0.2) is 35.5 Å². The van der Waals surface area contributed by atoms with E-state index in [2.05, 4.69) is 10.3 Å². The standard InChI is InChI=1S/C16H15ClN2O3S/c1-23-14-4-3-11(9-18-14)19-16(20)10-7-12(17)15-13(8-10)21-5-2-6-22-15/h3-4,7-9H,2,5-6H2,1H3,(H,19,20). The molecule has 1 N–H and O–H groups in total. The lowest BCUT2D eigenvalue weighted by atomic mass is 10.2. The van der Waals surface area contributed by atoms with Gasteiger partial charge in [0.05, 0.1) is 35.1 Å². The zero-order chi connectivity index (χ0) is 16.2. The molecule has 0 atom stereocenters. The first-order chi connectivity index (χ1) is 11.2. The van der Waals surface area contributed by atoms with Gasteiger partial charge in [-0.2, -0.15) is 0 Å². The largest absolute Gasteiger partial charge is 0.489 e. The zero-order valence-electron chi connectivity index (χ0n) is 12.5. The second kappa shape index (κ2) is 7.10. The van der Waals surface area contributed by atoms with Crippen molar-refractivity contribution >= 4 is 35.0 Å². The molecular weight excluding hydrogens is 336 g/mol. The minimum absolute atomic E-state index is 0.277. The number of fused-ring (bicyclic) bond motifs is 1. The first-order valence-electron chi connectivity index (χ1n) is 7.08. The van der Waals surface area contributed by atoms with Gasteiger partial charge in [0, 0.05) is 12.0 Å². The van der Waals surface area contributed by atoms with Crippen LogP contribution in [0.4, 0.5) is 5.69 Å². The van der Waals surface area contributed by atoms with Crippen LogP contribution in [0.3, 0.4) is 0 Å². The van der Waals surface area contributed by atoms with E-state index in [0.717, 1.165) is 11.4 Å². The molecule has 0 radical (unpaired) electrons. The van der Waals surface area contributed by atoms with Crippen molar-refractivity contribution in [3.8, 4) is 11.5 Å². The first kappa shape index (κ1) is 16.0. The Morgan fingerprint density at radius 1 is 1.30 bits per heavy atom. The normalized spacial score (nSPS) is 13.3. The van der Waals surface area contributed by atoms with E-state index >= 15 is 0 Å². The Kier molecular flexibility index (Phi) is 4.93. The molecule has 0 aliphatic carbocycles. The number of nitrogens with zero attached hydrogens (tertiary/aromatic N) is 1. The first-order valence-corrected chi connectivity index (χ1v) is 8.68. The summed E-state index contributed by atoms with van der Waals surface area (Å²) in [6.07, 6.45) is 4.34. The number of hydrogen-bond acceptors (Lipinski definition) is 5. The molecule has 0 unspecified atom stereocenters. The van der Waals surface area contributed by atoms with E-state index in [1.165, 1.54) is 0 Å². The van der Waals surface area contributed by atoms with E-state index in [1.54, 1.807) is 36.2 Å². The number of carbonyl (C=O) groups excluding carboxylic acids is 1. The summed E-state index contributed by atoms with van der Waals surface area (Å²) in [5.41, 5.74) is 1.03. The summed E-state index contributed by atoms with van der Waals surface area (Å²) < 4.78 is 11.2. The van der Waals surface area contributed by atoms with Gasteiger partial charge in [-0.25, -0.2) is 4.98 Å². The second-order valence-corrected chi connectivity index (χ2v) is 6.11. The van der Waals surface area contributed by atoms with Crippen LogP contribution in [0.5, 0.6) is 11.5 Å². The van der Waals surface area contributed by atoms with Gasteiger partial charge in [-0.05, 0) is 30.5 Å². The number of amides is 1. The summed E-state index contributed by atoms with van der Waals surface area (Å²) in [5, 5.41) is 4.05. The lowest BCUT2D eigenvalue weighted by Gasteiger charge is -2.11. The van der Waals surface area contributed by atoms with Gasteiger partial charge in [-0.1, -0.05) is 11.6 Å². The van der Waals surface area contributed by atoms with E-state index in [0.29, 0.717) is 41.0 Å². The minimum Gasteiger partial charge on any atom is -0.489 e. The number of benzene rings is 1. The van der Waals surface area contributed by atoms with Crippen molar-refractivity contribution in [3.05, 3.63) is 41.0 Å². The number of carbonyl (C=O) groups is 1. The Morgan fingerprint density at radius 3 is 2.87 bits per heavy atom. The fraction of sp³-hybridized carbons (Fsp3) is 0.250. The van der Waals surface area contributed by atoms with Gasteiger partial charge in [-0.3, -0.25) is 4.79 Å². The summed E-state index contributed by atoms with van der Waals surface area (Å²) in [5.74, 6) is 0.712. The molecule has 1 aliphatic rings. The number of hydrogen-bond donors (Lipinski definition) is 1. The third kappa shape index (κ3) is 3.71. The van der Waals surface area contributed by atoms with Crippen molar-refractivity contribution < 1.29 is 14.3 Å². The van der Waals surface area contributed by atoms with Crippen LogP contribution in [0.25, 0.3) is 0 Å². The Labute approximate surface area is 143 Å². The van der Waals surface area contributed by atoms with E-state index in [1.807, 2.05) is 12.3 Å². The maximum atomic E-state index is 12.4. The fourth-order valence-corrected chi connectivity index (χ4v) is 2.77. The predicted molar refractivity (Wildman–Crippen MR) is 91.0 cm³/mol. The Balaban J connectivity index is 1.81. The monoisotopic (exact) mass is 350 g/mol. The van der Waals surface area contributed by atoms with Gasteiger partial charge in [0.2, 0.25) is 0 Å². The number of anilines is 1. The number of aromatic nitrogens is 1. The average molecular weight is 351 g/mol. The molecule has 5 nitrogen and oxygen atoms in total. The molecular formula is C16H15ClN2O3S. The van der Waals surface area contributed by atoms with Gasteiger partial charge >= 0.3 is 0 Å². The maximum Gasteiger partial charge on any atom is 0.255 e. The topological polar surface area (TPSA) is 60.5 Å². The molecule has 7 heteroatoms. The third-order valence-electron chi connectivity index (χ3n) is 3.27. The molecule has 2 aromatic rings. The number of nitrogens with one attached hydrogen (secondary N) is 1. The Bertz CT molecular complexity index is 722. The molecule has 0 saturated carbocycles. The molecule has 0 spiro atoms. The molecule has 3 rings (SSSR count). The quantitative estimate of drug-likeness (QED) is 0.851. The van der Waals surface area contributed by atoms with Gasteiger partial charge in [0.25, 0.3) is 5.91 Å². The highest BCUT2D eigenvalue weighted by Gasteiger charge is 2.18. The van der Waals surface area contributed by atoms with Crippen molar-refractivity contribution in [3.63, 3.8) is 0 Å². The average Bonchev–Trinajstić information content (AvgIpc) is 2.81. The molecule has 1 amide bonds. The van der Waals surface area contributed by atoms with Crippen LogP contribution in [-0.4, -0.2) is 30.4 Å². The van der Waals surface area contributed by atoms with Crippen LogP contribution < -0.4 is 14.8 Å². The van der Waals surface area contributed by atoms with Crippen molar-refractivity contribution in [2.45, 2.75) is 11.4 Å². The fourth-order valence-electron chi connectivity index (χ4n) is 2.14. The summed E-state index contributed by atoms with van der Waals surface area (Å²) >= 11 is 7.75. The van der Waals surface area contributed by atoms with E-state index < -0.39 is 0 Å².